The van der Waals surface area contributed by atoms with E-state index in [0.717, 1.165) is 22.5 Å². The maximum atomic E-state index is 11.6. The molecule has 2 heterocycles. The molecular formula is C14H24N2O. The first-order chi connectivity index (χ1) is 8.09. The van der Waals surface area contributed by atoms with Gasteiger partial charge >= 0.3 is 0 Å². The van der Waals surface area contributed by atoms with Gasteiger partial charge in [0.05, 0.1) is 0 Å². The highest BCUT2D eigenvalue weighted by Crippen LogP contribution is 2.23. The number of amides is 1. The van der Waals surface area contributed by atoms with Gasteiger partial charge in [0.25, 0.3) is 5.91 Å². The highest BCUT2D eigenvalue weighted by atomic mass is 16.2. The fraction of sp³-hybridized carbons (Fsp3) is 0.571. The first-order valence-electron chi connectivity index (χ1n) is 6.32. The van der Waals surface area contributed by atoms with Gasteiger partial charge in [-0.25, -0.2) is 0 Å². The smallest absolute Gasteiger partial charge is 0.254 e. The van der Waals surface area contributed by atoms with Gasteiger partial charge in [0.2, 0.25) is 0 Å². The third-order valence-corrected chi connectivity index (χ3v) is 2.43. The van der Waals surface area contributed by atoms with Gasteiger partial charge in [0.15, 0.2) is 0 Å². The monoisotopic (exact) mass is 236 g/mol. The Bertz CT molecular complexity index is 386. The number of hydrogen-bond acceptors (Lipinski definition) is 2. The third-order valence-electron chi connectivity index (χ3n) is 2.43. The molecule has 0 aromatic carbocycles. The Hall–Kier alpha value is -1.38. The van der Waals surface area contributed by atoms with Crippen molar-refractivity contribution in [3.05, 3.63) is 28.6 Å². The van der Waals surface area contributed by atoms with Crippen LogP contribution in [0.3, 0.4) is 0 Å². The van der Waals surface area contributed by atoms with Gasteiger partial charge in [-0.15, -0.1) is 0 Å². The van der Waals surface area contributed by atoms with E-state index in [4.69, 9.17) is 0 Å². The van der Waals surface area contributed by atoms with Gasteiger partial charge in [0.1, 0.15) is 0 Å². The SMILES string of the molecule is CC.CC.Cc1cc2c(c(C)n1)CN(C)C2=O. The van der Waals surface area contributed by atoms with Crippen LogP contribution in [0.15, 0.2) is 6.07 Å². The summed E-state index contributed by atoms with van der Waals surface area (Å²) in [6.45, 7) is 12.6. The number of carbonyl (C=O) groups is 1. The van der Waals surface area contributed by atoms with Crippen molar-refractivity contribution in [3.8, 4) is 0 Å². The highest BCUT2D eigenvalue weighted by Gasteiger charge is 2.26. The predicted molar refractivity (Wildman–Crippen MR) is 72.2 cm³/mol. The summed E-state index contributed by atoms with van der Waals surface area (Å²) < 4.78 is 0. The first kappa shape index (κ1) is 15.6. The number of carbonyl (C=O) groups excluding carboxylic acids is 1. The zero-order chi connectivity index (χ0) is 13.6. The molecule has 0 saturated heterocycles. The van der Waals surface area contributed by atoms with E-state index in [0.29, 0.717) is 6.54 Å². The lowest BCUT2D eigenvalue weighted by molar-refractivity contribution is 0.0816. The fourth-order valence-corrected chi connectivity index (χ4v) is 1.76. The first-order valence-corrected chi connectivity index (χ1v) is 6.32. The van der Waals surface area contributed by atoms with Gasteiger partial charge in [0, 0.05) is 36.1 Å². The lowest BCUT2D eigenvalue weighted by Crippen LogP contribution is -2.17. The van der Waals surface area contributed by atoms with Crippen LogP contribution < -0.4 is 0 Å². The van der Waals surface area contributed by atoms with Crippen molar-refractivity contribution < 1.29 is 4.79 Å². The molecule has 0 spiro atoms. The van der Waals surface area contributed by atoms with Gasteiger partial charge in [-0.2, -0.15) is 0 Å². The summed E-state index contributed by atoms with van der Waals surface area (Å²) >= 11 is 0. The maximum Gasteiger partial charge on any atom is 0.254 e. The molecule has 0 aliphatic carbocycles. The zero-order valence-electron chi connectivity index (χ0n) is 12.1. The van der Waals surface area contributed by atoms with E-state index in [9.17, 15) is 4.79 Å². The number of nitrogens with zero attached hydrogens (tertiary/aromatic N) is 2. The van der Waals surface area contributed by atoms with Crippen molar-refractivity contribution in [3.63, 3.8) is 0 Å². The number of aryl methyl sites for hydroxylation is 2. The molecule has 0 fully saturated rings. The van der Waals surface area contributed by atoms with Crippen LogP contribution in [0.1, 0.15) is 55.0 Å². The van der Waals surface area contributed by atoms with Crippen LogP contribution in [0.2, 0.25) is 0 Å². The van der Waals surface area contributed by atoms with Crippen molar-refractivity contribution in [2.24, 2.45) is 0 Å². The van der Waals surface area contributed by atoms with E-state index in [1.165, 1.54) is 0 Å². The summed E-state index contributed by atoms with van der Waals surface area (Å²) in [6.07, 6.45) is 0. The number of fused-ring (bicyclic) bond motifs is 1. The summed E-state index contributed by atoms with van der Waals surface area (Å²) in [5.41, 5.74) is 3.80. The molecular weight excluding hydrogens is 212 g/mol. The molecule has 1 aliphatic heterocycles. The average molecular weight is 236 g/mol. The van der Waals surface area contributed by atoms with E-state index in [2.05, 4.69) is 4.98 Å². The molecule has 0 saturated carbocycles. The normalized spacial score (nSPS) is 12.2. The average Bonchev–Trinajstić information content (AvgIpc) is 2.62. The topological polar surface area (TPSA) is 33.2 Å². The Morgan fingerprint density at radius 2 is 1.71 bits per heavy atom. The Labute approximate surface area is 105 Å². The van der Waals surface area contributed by atoms with E-state index in [-0.39, 0.29) is 5.91 Å². The standard InChI is InChI=1S/C10H12N2O.2C2H6/c1-6-4-8-9(7(2)11-6)5-12(3)10(8)13;2*1-2/h4H,5H2,1-3H3;2*1-2H3. The largest absolute Gasteiger partial charge is 0.337 e. The minimum atomic E-state index is 0.114. The predicted octanol–water partition coefficient (Wildman–Crippen LogP) is 3.34. The Balaban J connectivity index is 0.000000581. The van der Waals surface area contributed by atoms with E-state index in [1.807, 2.05) is 54.7 Å². The molecule has 0 N–H and O–H groups in total. The van der Waals surface area contributed by atoms with Crippen molar-refractivity contribution in [2.75, 3.05) is 7.05 Å². The lowest BCUT2D eigenvalue weighted by Gasteiger charge is -2.04. The van der Waals surface area contributed by atoms with Crippen LogP contribution >= 0.6 is 0 Å². The Morgan fingerprint density at radius 3 is 2.24 bits per heavy atom. The molecule has 1 aromatic rings. The van der Waals surface area contributed by atoms with Crippen LogP contribution in [0.4, 0.5) is 0 Å². The molecule has 2 rings (SSSR count). The van der Waals surface area contributed by atoms with E-state index >= 15 is 0 Å². The van der Waals surface area contributed by atoms with E-state index in [1.54, 1.807) is 4.90 Å². The number of hydrogen-bond donors (Lipinski definition) is 0. The molecule has 1 aromatic heterocycles. The zero-order valence-corrected chi connectivity index (χ0v) is 12.1. The minimum Gasteiger partial charge on any atom is -0.337 e. The Morgan fingerprint density at radius 1 is 1.18 bits per heavy atom. The van der Waals surface area contributed by atoms with Crippen LogP contribution in [-0.2, 0) is 6.54 Å². The number of rotatable bonds is 0. The molecule has 1 amide bonds. The second-order valence-corrected chi connectivity index (χ2v) is 3.54. The second kappa shape index (κ2) is 7.05. The molecule has 0 unspecified atom stereocenters. The molecule has 3 nitrogen and oxygen atoms in total. The summed E-state index contributed by atoms with van der Waals surface area (Å²) in [5.74, 6) is 0.114. The third kappa shape index (κ3) is 3.29. The molecule has 96 valence electrons. The van der Waals surface area contributed by atoms with Crippen molar-refractivity contribution in [1.29, 1.82) is 0 Å². The van der Waals surface area contributed by atoms with Crippen LogP contribution in [0.25, 0.3) is 0 Å². The molecule has 0 bridgehead atoms. The van der Waals surface area contributed by atoms with Gasteiger partial charge in [-0.3, -0.25) is 9.78 Å². The maximum absolute atomic E-state index is 11.6. The molecule has 17 heavy (non-hydrogen) atoms. The fourth-order valence-electron chi connectivity index (χ4n) is 1.76. The summed E-state index contributed by atoms with van der Waals surface area (Å²) in [6, 6.07) is 1.87. The van der Waals surface area contributed by atoms with Gasteiger partial charge in [-0.1, -0.05) is 27.7 Å². The summed E-state index contributed by atoms with van der Waals surface area (Å²) in [5, 5.41) is 0. The number of aromatic nitrogens is 1. The molecule has 1 aliphatic rings. The second-order valence-electron chi connectivity index (χ2n) is 3.54. The van der Waals surface area contributed by atoms with Crippen molar-refractivity contribution in [2.45, 2.75) is 48.1 Å². The van der Waals surface area contributed by atoms with Crippen LogP contribution in [-0.4, -0.2) is 22.8 Å². The molecule has 0 atom stereocenters. The van der Waals surface area contributed by atoms with Gasteiger partial charge in [-0.05, 0) is 19.9 Å². The summed E-state index contributed by atoms with van der Waals surface area (Å²) in [7, 11) is 1.82. The summed E-state index contributed by atoms with van der Waals surface area (Å²) in [4.78, 5) is 17.7. The minimum absolute atomic E-state index is 0.114. The van der Waals surface area contributed by atoms with Crippen molar-refractivity contribution in [1.82, 2.24) is 9.88 Å². The van der Waals surface area contributed by atoms with E-state index < -0.39 is 0 Å². The lowest BCUT2D eigenvalue weighted by atomic mass is 10.1. The van der Waals surface area contributed by atoms with Crippen molar-refractivity contribution >= 4 is 5.91 Å². The number of pyridine rings is 1. The van der Waals surface area contributed by atoms with Gasteiger partial charge < -0.3 is 4.90 Å². The quantitative estimate of drug-likeness (QED) is 0.692. The molecule has 3 heteroatoms. The molecule has 0 radical (unpaired) electrons. The highest BCUT2D eigenvalue weighted by molar-refractivity contribution is 5.98. The Kier molecular flexibility index (Phi) is 6.47. The van der Waals surface area contributed by atoms with Crippen LogP contribution in [0.5, 0.6) is 0 Å². The van der Waals surface area contributed by atoms with Crippen LogP contribution in [0, 0.1) is 13.8 Å².